The van der Waals surface area contributed by atoms with E-state index in [9.17, 15) is 19.2 Å². The van der Waals surface area contributed by atoms with Gasteiger partial charge < -0.3 is 10.1 Å². The molecule has 156 valence electrons. The molecule has 2 atom stereocenters. The molecule has 2 aromatic carbocycles. The largest absolute Gasteiger partial charge is 0.467 e. The highest BCUT2D eigenvalue weighted by molar-refractivity contribution is 6.22. The lowest BCUT2D eigenvalue weighted by Crippen LogP contribution is -2.55. The Morgan fingerprint density at radius 1 is 0.933 bits per heavy atom. The second-order valence-corrected chi connectivity index (χ2v) is 7.48. The maximum Gasteiger partial charge on any atom is 0.328 e. The number of esters is 1. The van der Waals surface area contributed by atoms with Crippen LogP contribution in [0.4, 0.5) is 0 Å². The Morgan fingerprint density at radius 3 is 1.97 bits per heavy atom. The molecule has 1 aliphatic rings. The van der Waals surface area contributed by atoms with Crippen molar-refractivity contribution in [3.8, 4) is 0 Å². The number of carbonyl (C=O) groups is 4. The Hall–Kier alpha value is -3.48. The summed E-state index contributed by atoms with van der Waals surface area (Å²) >= 11 is 0. The normalized spacial score (nSPS) is 15.0. The van der Waals surface area contributed by atoms with Crippen LogP contribution in [-0.2, 0) is 20.7 Å². The minimum absolute atomic E-state index is 0.129. The zero-order valence-electron chi connectivity index (χ0n) is 17.1. The van der Waals surface area contributed by atoms with Gasteiger partial charge in [-0.1, -0.05) is 56.3 Å². The van der Waals surface area contributed by atoms with E-state index in [1.807, 2.05) is 30.3 Å². The number of methoxy groups -OCH3 is 1. The van der Waals surface area contributed by atoms with Crippen molar-refractivity contribution in [2.24, 2.45) is 5.92 Å². The van der Waals surface area contributed by atoms with Crippen LogP contribution in [0.2, 0.25) is 0 Å². The standard InChI is InChI=1S/C23H24N2O5/c1-14(2)19(23(29)30-3)24-20(26)18(13-15-9-5-4-6-10-15)25-21(27)16-11-7-8-12-17(16)22(25)28/h4-12,14,18-19H,13H2,1-3H3,(H,24,26). The van der Waals surface area contributed by atoms with Gasteiger partial charge in [0.05, 0.1) is 18.2 Å². The number of hydrogen-bond acceptors (Lipinski definition) is 5. The van der Waals surface area contributed by atoms with Crippen molar-refractivity contribution in [2.45, 2.75) is 32.4 Å². The summed E-state index contributed by atoms with van der Waals surface area (Å²) in [6.45, 7) is 3.55. The molecule has 30 heavy (non-hydrogen) atoms. The van der Waals surface area contributed by atoms with Crippen LogP contribution < -0.4 is 5.32 Å². The third kappa shape index (κ3) is 4.10. The fourth-order valence-corrected chi connectivity index (χ4v) is 3.50. The summed E-state index contributed by atoms with van der Waals surface area (Å²) in [4.78, 5) is 52.3. The predicted octanol–water partition coefficient (Wildman–Crippen LogP) is 2.21. The van der Waals surface area contributed by atoms with Crippen molar-refractivity contribution in [3.63, 3.8) is 0 Å². The smallest absolute Gasteiger partial charge is 0.328 e. The number of hydrogen-bond donors (Lipinski definition) is 1. The highest BCUT2D eigenvalue weighted by Crippen LogP contribution is 2.26. The van der Waals surface area contributed by atoms with Gasteiger partial charge in [-0.3, -0.25) is 19.3 Å². The summed E-state index contributed by atoms with van der Waals surface area (Å²) < 4.78 is 4.79. The van der Waals surface area contributed by atoms with E-state index in [0.717, 1.165) is 10.5 Å². The van der Waals surface area contributed by atoms with Gasteiger partial charge in [0.25, 0.3) is 11.8 Å². The fourth-order valence-electron chi connectivity index (χ4n) is 3.50. The molecule has 0 aliphatic carbocycles. The first kappa shape index (κ1) is 21.2. The molecule has 1 heterocycles. The molecule has 7 nitrogen and oxygen atoms in total. The fraction of sp³-hybridized carbons (Fsp3) is 0.304. The molecule has 1 N–H and O–H groups in total. The molecule has 0 saturated carbocycles. The van der Waals surface area contributed by atoms with E-state index < -0.39 is 35.8 Å². The van der Waals surface area contributed by atoms with Crippen LogP contribution in [0.15, 0.2) is 54.6 Å². The van der Waals surface area contributed by atoms with Gasteiger partial charge in [0, 0.05) is 6.42 Å². The van der Waals surface area contributed by atoms with Crippen LogP contribution in [0.5, 0.6) is 0 Å². The average Bonchev–Trinajstić information content (AvgIpc) is 3.00. The van der Waals surface area contributed by atoms with Gasteiger partial charge in [0.1, 0.15) is 12.1 Å². The molecule has 0 bridgehead atoms. The third-order valence-corrected chi connectivity index (χ3v) is 5.13. The number of imide groups is 1. The van der Waals surface area contributed by atoms with E-state index in [1.54, 1.807) is 38.1 Å². The lowest BCUT2D eigenvalue weighted by molar-refractivity contribution is -0.146. The zero-order chi connectivity index (χ0) is 21.8. The van der Waals surface area contributed by atoms with E-state index in [0.29, 0.717) is 0 Å². The molecule has 2 unspecified atom stereocenters. The first-order valence-corrected chi connectivity index (χ1v) is 9.74. The van der Waals surface area contributed by atoms with Crippen molar-refractivity contribution in [1.82, 2.24) is 10.2 Å². The first-order valence-electron chi connectivity index (χ1n) is 9.74. The summed E-state index contributed by atoms with van der Waals surface area (Å²) in [6.07, 6.45) is 0.129. The molecule has 0 radical (unpaired) electrons. The molecule has 7 heteroatoms. The number of rotatable bonds is 7. The molecule has 0 spiro atoms. The van der Waals surface area contributed by atoms with Gasteiger partial charge in [-0.15, -0.1) is 0 Å². The van der Waals surface area contributed by atoms with Crippen molar-refractivity contribution in [2.75, 3.05) is 7.11 Å². The molecule has 1 aliphatic heterocycles. The maximum atomic E-state index is 13.2. The summed E-state index contributed by atoms with van der Waals surface area (Å²) in [6, 6.07) is 13.6. The number of amides is 3. The molecule has 3 rings (SSSR count). The van der Waals surface area contributed by atoms with Crippen LogP contribution in [0, 0.1) is 5.92 Å². The lowest BCUT2D eigenvalue weighted by atomic mass is 10.0. The minimum atomic E-state index is -1.11. The molecular formula is C23H24N2O5. The molecular weight excluding hydrogens is 384 g/mol. The highest BCUT2D eigenvalue weighted by atomic mass is 16.5. The van der Waals surface area contributed by atoms with E-state index >= 15 is 0 Å². The van der Waals surface area contributed by atoms with Gasteiger partial charge in [-0.05, 0) is 23.6 Å². The summed E-state index contributed by atoms with van der Waals surface area (Å²) in [7, 11) is 1.25. The van der Waals surface area contributed by atoms with Crippen molar-refractivity contribution in [1.29, 1.82) is 0 Å². The first-order chi connectivity index (χ1) is 14.3. The Morgan fingerprint density at radius 2 is 1.47 bits per heavy atom. The summed E-state index contributed by atoms with van der Waals surface area (Å²) in [5.41, 5.74) is 1.32. The van der Waals surface area contributed by atoms with Gasteiger partial charge in [-0.25, -0.2) is 4.79 Å². The second kappa shape index (κ2) is 8.90. The number of fused-ring (bicyclic) bond motifs is 1. The van der Waals surface area contributed by atoms with Crippen molar-refractivity contribution < 1.29 is 23.9 Å². The lowest BCUT2D eigenvalue weighted by Gasteiger charge is -2.28. The number of carbonyl (C=O) groups excluding carboxylic acids is 4. The highest BCUT2D eigenvalue weighted by Gasteiger charge is 2.43. The average molecular weight is 408 g/mol. The maximum absolute atomic E-state index is 13.2. The predicted molar refractivity (Wildman–Crippen MR) is 110 cm³/mol. The number of nitrogens with zero attached hydrogens (tertiary/aromatic N) is 1. The third-order valence-electron chi connectivity index (χ3n) is 5.13. The van der Waals surface area contributed by atoms with E-state index in [-0.39, 0.29) is 23.5 Å². The van der Waals surface area contributed by atoms with Gasteiger partial charge >= 0.3 is 5.97 Å². The molecule has 3 amide bonds. The summed E-state index contributed by atoms with van der Waals surface area (Å²) in [5, 5.41) is 2.67. The van der Waals surface area contributed by atoms with Crippen LogP contribution in [0.3, 0.4) is 0 Å². The van der Waals surface area contributed by atoms with Crippen LogP contribution in [0.1, 0.15) is 40.1 Å². The van der Waals surface area contributed by atoms with Gasteiger partial charge in [0.15, 0.2) is 0 Å². The quantitative estimate of drug-likeness (QED) is 0.560. The Bertz CT molecular complexity index is 936. The second-order valence-electron chi connectivity index (χ2n) is 7.48. The molecule has 0 saturated heterocycles. The molecule has 2 aromatic rings. The van der Waals surface area contributed by atoms with Crippen LogP contribution >= 0.6 is 0 Å². The van der Waals surface area contributed by atoms with E-state index in [1.165, 1.54) is 7.11 Å². The number of benzene rings is 2. The topological polar surface area (TPSA) is 92.8 Å². The van der Waals surface area contributed by atoms with E-state index in [4.69, 9.17) is 4.74 Å². The number of nitrogens with one attached hydrogen (secondary N) is 1. The van der Waals surface area contributed by atoms with Gasteiger partial charge in [-0.2, -0.15) is 0 Å². The van der Waals surface area contributed by atoms with Gasteiger partial charge in [0.2, 0.25) is 5.91 Å². The summed E-state index contributed by atoms with van der Waals surface area (Å²) in [5.74, 6) is -2.45. The monoisotopic (exact) mass is 408 g/mol. The Balaban J connectivity index is 1.95. The Kier molecular flexibility index (Phi) is 6.30. The van der Waals surface area contributed by atoms with Crippen molar-refractivity contribution >= 4 is 23.7 Å². The van der Waals surface area contributed by atoms with Crippen molar-refractivity contribution in [3.05, 3.63) is 71.3 Å². The SMILES string of the molecule is COC(=O)C(NC(=O)C(Cc1ccccc1)N1C(=O)c2ccccc2C1=O)C(C)C. The molecule has 0 aromatic heterocycles. The zero-order valence-corrected chi connectivity index (χ0v) is 17.1. The van der Waals surface area contributed by atoms with Crippen LogP contribution in [-0.4, -0.2) is 47.8 Å². The molecule has 0 fully saturated rings. The van der Waals surface area contributed by atoms with Crippen LogP contribution in [0.25, 0.3) is 0 Å². The minimum Gasteiger partial charge on any atom is -0.467 e. The number of ether oxygens (including phenoxy) is 1. The van der Waals surface area contributed by atoms with E-state index in [2.05, 4.69) is 5.32 Å². The Labute approximate surface area is 175 Å².